The van der Waals surface area contributed by atoms with Crippen molar-refractivity contribution >= 4 is 28.2 Å². The normalized spacial score (nSPS) is 21.8. The number of piperazine rings is 1. The van der Waals surface area contributed by atoms with Gasteiger partial charge in [0.25, 0.3) is 5.56 Å². The van der Waals surface area contributed by atoms with Crippen LogP contribution < -0.4 is 10.5 Å². The van der Waals surface area contributed by atoms with E-state index in [9.17, 15) is 9.18 Å². The summed E-state index contributed by atoms with van der Waals surface area (Å²) < 4.78 is 15.9. The summed E-state index contributed by atoms with van der Waals surface area (Å²) in [5.74, 6) is -0.299. The Morgan fingerprint density at radius 3 is 2.68 bits per heavy atom. The summed E-state index contributed by atoms with van der Waals surface area (Å²) >= 11 is 5.91. The number of aromatic nitrogens is 2. The highest BCUT2D eigenvalue weighted by Crippen LogP contribution is 2.34. The van der Waals surface area contributed by atoms with Gasteiger partial charge in [0.2, 0.25) is 0 Å². The Bertz CT molecular complexity index is 1160. The number of hydrogen-bond acceptors (Lipinski definition) is 4. The third-order valence-corrected chi connectivity index (χ3v) is 6.39. The van der Waals surface area contributed by atoms with Crippen molar-refractivity contribution < 1.29 is 4.39 Å². The van der Waals surface area contributed by atoms with E-state index in [1.54, 1.807) is 19.2 Å². The van der Waals surface area contributed by atoms with E-state index in [0.29, 0.717) is 23.0 Å². The number of hydrogen-bond donors (Lipinski definition) is 0. The summed E-state index contributed by atoms with van der Waals surface area (Å²) in [6, 6.07) is 11.6. The van der Waals surface area contributed by atoms with E-state index in [2.05, 4.69) is 21.8 Å². The first-order chi connectivity index (χ1) is 13.4. The van der Waals surface area contributed by atoms with Crippen molar-refractivity contribution in [2.45, 2.75) is 18.5 Å². The molecule has 5 rings (SSSR count). The number of halogens is 2. The fourth-order valence-electron chi connectivity index (χ4n) is 4.54. The molecule has 1 aromatic heterocycles. The van der Waals surface area contributed by atoms with Crippen LogP contribution in [0.15, 0.2) is 41.2 Å². The topological polar surface area (TPSA) is 41.4 Å². The summed E-state index contributed by atoms with van der Waals surface area (Å²) in [5.41, 5.74) is 1.64. The van der Waals surface area contributed by atoms with E-state index < -0.39 is 5.82 Å². The maximum absolute atomic E-state index is 14.5. The van der Waals surface area contributed by atoms with Crippen molar-refractivity contribution in [3.8, 4) is 11.4 Å². The summed E-state index contributed by atoms with van der Waals surface area (Å²) in [6.07, 6.45) is 1.16. The summed E-state index contributed by atoms with van der Waals surface area (Å²) in [7, 11) is 3.78. The summed E-state index contributed by atoms with van der Waals surface area (Å²) in [4.78, 5) is 22.4. The van der Waals surface area contributed by atoms with Crippen LogP contribution in [0.25, 0.3) is 22.3 Å². The molecular weight excluding hydrogens is 379 g/mol. The number of rotatable bonds is 2. The highest BCUT2D eigenvalue weighted by atomic mass is 35.5. The molecule has 2 atom stereocenters. The number of fused-ring (bicyclic) bond motifs is 3. The number of likely N-dealkylation sites (tertiary alicyclic amines) is 1. The number of anilines is 1. The second-order valence-electron chi connectivity index (χ2n) is 7.74. The first-order valence-electron chi connectivity index (χ1n) is 9.36. The van der Waals surface area contributed by atoms with Crippen LogP contribution in [0.2, 0.25) is 5.02 Å². The van der Waals surface area contributed by atoms with Crippen LogP contribution in [-0.2, 0) is 7.05 Å². The molecular formula is C21H20ClFN4O. The molecule has 0 unspecified atom stereocenters. The Kier molecular flexibility index (Phi) is 3.96. The van der Waals surface area contributed by atoms with Gasteiger partial charge in [-0.05, 0) is 43.8 Å². The van der Waals surface area contributed by atoms with Crippen molar-refractivity contribution in [1.29, 1.82) is 0 Å². The molecule has 28 heavy (non-hydrogen) atoms. The molecule has 0 aliphatic carbocycles. The first kappa shape index (κ1) is 17.6. The van der Waals surface area contributed by atoms with Crippen LogP contribution in [0.5, 0.6) is 0 Å². The van der Waals surface area contributed by atoms with Crippen molar-refractivity contribution in [3.63, 3.8) is 0 Å². The molecule has 0 amide bonds. The molecule has 2 saturated heterocycles. The van der Waals surface area contributed by atoms with E-state index >= 15 is 0 Å². The van der Waals surface area contributed by atoms with Gasteiger partial charge in [-0.3, -0.25) is 14.3 Å². The zero-order valence-electron chi connectivity index (χ0n) is 15.7. The molecule has 3 heterocycles. The molecule has 3 aromatic rings. The molecule has 2 bridgehead atoms. The van der Waals surface area contributed by atoms with Gasteiger partial charge in [-0.1, -0.05) is 17.7 Å². The van der Waals surface area contributed by atoms with Crippen LogP contribution >= 0.6 is 11.6 Å². The molecule has 2 fully saturated rings. The van der Waals surface area contributed by atoms with Gasteiger partial charge in [-0.15, -0.1) is 0 Å². The van der Waals surface area contributed by atoms with Gasteiger partial charge in [0.15, 0.2) is 5.82 Å². The smallest absolute Gasteiger partial charge is 0.261 e. The van der Waals surface area contributed by atoms with Crippen LogP contribution in [0.3, 0.4) is 0 Å². The lowest BCUT2D eigenvalue weighted by atomic mass is 10.1. The van der Waals surface area contributed by atoms with Crippen molar-refractivity contribution in [1.82, 2.24) is 14.5 Å². The molecule has 7 heteroatoms. The van der Waals surface area contributed by atoms with Gasteiger partial charge >= 0.3 is 0 Å². The van der Waals surface area contributed by atoms with Gasteiger partial charge < -0.3 is 4.90 Å². The Morgan fingerprint density at radius 1 is 1.14 bits per heavy atom. The van der Waals surface area contributed by atoms with Gasteiger partial charge in [0.05, 0.1) is 21.5 Å². The van der Waals surface area contributed by atoms with Gasteiger partial charge in [0.1, 0.15) is 5.82 Å². The zero-order valence-corrected chi connectivity index (χ0v) is 16.4. The average Bonchev–Trinajstić information content (AvgIpc) is 3.26. The predicted molar refractivity (Wildman–Crippen MR) is 110 cm³/mol. The average molecular weight is 399 g/mol. The van der Waals surface area contributed by atoms with Crippen molar-refractivity contribution in [2.24, 2.45) is 7.05 Å². The molecule has 144 valence electrons. The first-order valence-corrected chi connectivity index (χ1v) is 9.74. The molecule has 2 aliphatic heterocycles. The third kappa shape index (κ3) is 2.55. The Labute approximate surface area is 167 Å². The maximum atomic E-state index is 14.5. The van der Waals surface area contributed by atoms with Crippen LogP contribution in [0.4, 0.5) is 10.1 Å². The minimum atomic E-state index is -0.570. The molecule has 5 nitrogen and oxygen atoms in total. The highest BCUT2D eigenvalue weighted by molar-refractivity contribution is 6.31. The van der Waals surface area contributed by atoms with E-state index in [4.69, 9.17) is 11.6 Å². The fraction of sp³-hybridized carbons (Fsp3) is 0.333. The Balaban J connectivity index is 1.62. The van der Waals surface area contributed by atoms with E-state index in [0.717, 1.165) is 25.2 Å². The Hall–Kier alpha value is -2.44. The van der Waals surface area contributed by atoms with Gasteiger partial charge in [-0.25, -0.2) is 9.37 Å². The molecule has 2 aromatic carbocycles. The lowest BCUT2D eigenvalue weighted by molar-refractivity contribution is 0.292. The van der Waals surface area contributed by atoms with Crippen LogP contribution in [0.1, 0.15) is 6.42 Å². The van der Waals surface area contributed by atoms with E-state index in [-0.39, 0.29) is 22.0 Å². The van der Waals surface area contributed by atoms with E-state index in [1.807, 2.05) is 18.2 Å². The molecule has 0 saturated carbocycles. The quantitative estimate of drug-likeness (QED) is 0.664. The summed E-state index contributed by atoms with van der Waals surface area (Å²) in [6.45, 7) is 2.03. The molecule has 0 spiro atoms. The minimum absolute atomic E-state index is 0.0104. The summed E-state index contributed by atoms with van der Waals surface area (Å²) in [5, 5.41) is 0.554. The largest absolute Gasteiger partial charge is 0.366 e. The molecule has 2 aliphatic rings. The number of nitrogens with zero attached hydrogens (tertiary/aromatic N) is 4. The van der Waals surface area contributed by atoms with Crippen molar-refractivity contribution in [2.75, 3.05) is 25.0 Å². The maximum Gasteiger partial charge on any atom is 0.261 e. The van der Waals surface area contributed by atoms with Crippen molar-refractivity contribution in [3.05, 3.63) is 57.6 Å². The second kappa shape index (κ2) is 6.29. The lowest BCUT2D eigenvalue weighted by Gasteiger charge is -2.33. The number of likely N-dealkylation sites (N-methyl/N-ethyl adjacent to an activating group) is 1. The molecule has 0 N–H and O–H groups in total. The van der Waals surface area contributed by atoms with E-state index in [1.165, 1.54) is 10.6 Å². The fourth-order valence-corrected chi connectivity index (χ4v) is 4.71. The minimum Gasteiger partial charge on any atom is -0.366 e. The number of benzene rings is 2. The molecule has 0 radical (unpaired) electrons. The monoisotopic (exact) mass is 398 g/mol. The van der Waals surface area contributed by atoms with Gasteiger partial charge in [-0.2, -0.15) is 0 Å². The SMILES string of the molecule is CN1C[C@@H]2C[C@H]1CN2c1ccc2nc(-c3cccc(Cl)c3F)n(C)c(=O)c2c1. The lowest BCUT2D eigenvalue weighted by Crippen LogP contribution is -2.44. The zero-order chi connectivity index (χ0) is 19.6. The predicted octanol–water partition coefficient (Wildman–Crippen LogP) is 3.29. The highest BCUT2D eigenvalue weighted by Gasteiger charge is 2.41. The van der Waals surface area contributed by atoms with Crippen LogP contribution in [0, 0.1) is 5.82 Å². The second-order valence-corrected chi connectivity index (χ2v) is 8.14. The van der Waals surface area contributed by atoms with Gasteiger partial charge in [0, 0.05) is 37.9 Å². The Morgan fingerprint density at radius 2 is 1.96 bits per heavy atom. The third-order valence-electron chi connectivity index (χ3n) is 6.10. The standard InChI is InChI=1S/C21H20ClFN4O/c1-25-10-14-8-13(25)11-27(14)12-6-7-18-16(9-12)21(28)26(2)20(24-18)15-4-3-5-17(22)19(15)23/h3-7,9,13-14H,8,10-11H2,1-2H3/t13-,14-/m0/s1. The van der Waals surface area contributed by atoms with Crippen LogP contribution in [-0.4, -0.2) is 46.7 Å².